The Bertz CT molecular complexity index is 554. The highest BCUT2D eigenvalue weighted by atomic mass is 16.5. The number of carbonyl (C=O) groups is 1. The van der Waals surface area contributed by atoms with E-state index in [1.165, 1.54) is 42.4 Å². The minimum absolute atomic E-state index is 0.164. The summed E-state index contributed by atoms with van der Waals surface area (Å²) in [5.74, 6) is 3.01. The Morgan fingerprint density at radius 3 is 2.27 bits per heavy atom. The third-order valence-electron chi connectivity index (χ3n) is 5.41. The van der Waals surface area contributed by atoms with Gasteiger partial charge in [0, 0.05) is 25.4 Å². The van der Waals surface area contributed by atoms with Crippen molar-refractivity contribution >= 4 is 5.78 Å². The van der Waals surface area contributed by atoms with E-state index in [1.54, 1.807) is 7.11 Å². The Kier molecular flexibility index (Phi) is 3.69. The fraction of sp³-hybridized carbons (Fsp3) is 0.632. The first-order valence-corrected chi connectivity index (χ1v) is 8.70. The summed E-state index contributed by atoms with van der Waals surface area (Å²) in [6, 6.07) is 4.47. The molecule has 0 bridgehead atoms. The molecule has 1 aromatic rings. The molecule has 3 fully saturated rings. The van der Waals surface area contributed by atoms with Crippen LogP contribution in [0.4, 0.5) is 0 Å². The average Bonchev–Trinajstić information content (AvgIpc) is 3.40. The molecule has 1 aliphatic heterocycles. The number of ether oxygens (including phenoxy) is 1. The Balaban J connectivity index is 1.70. The molecule has 0 spiro atoms. The SMILES string of the molecule is COc1cc(C2CC2)c(CC2CNCCC2=O)c(C2CC2)c1. The van der Waals surface area contributed by atoms with Crippen LogP contribution < -0.4 is 10.1 Å². The van der Waals surface area contributed by atoms with Crippen LogP contribution in [0.25, 0.3) is 0 Å². The van der Waals surface area contributed by atoms with Crippen molar-refractivity contribution in [1.82, 2.24) is 5.32 Å². The molecule has 0 amide bonds. The van der Waals surface area contributed by atoms with Gasteiger partial charge >= 0.3 is 0 Å². The number of piperidine rings is 1. The second-order valence-electron chi connectivity index (χ2n) is 7.15. The topological polar surface area (TPSA) is 38.3 Å². The first-order chi connectivity index (χ1) is 10.8. The molecule has 1 heterocycles. The molecule has 2 saturated carbocycles. The van der Waals surface area contributed by atoms with E-state index >= 15 is 0 Å². The maximum Gasteiger partial charge on any atom is 0.138 e. The quantitative estimate of drug-likeness (QED) is 0.907. The van der Waals surface area contributed by atoms with Crippen LogP contribution in [0, 0.1) is 5.92 Å². The highest BCUT2D eigenvalue weighted by Gasteiger charge is 2.34. The summed E-state index contributed by atoms with van der Waals surface area (Å²) in [7, 11) is 1.76. The molecule has 1 aromatic carbocycles. The predicted molar refractivity (Wildman–Crippen MR) is 86.6 cm³/mol. The third-order valence-corrected chi connectivity index (χ3v) is 5.41. The van der Waals surface area contributed by atoms with Crippen molar-refractivity contribution in [2.24, 2.45) is 5.92 Å². The van der Waals surface area contributed by atoms with Crippen molar-refractivity contribution in [3.63, 3.8) is 0 Å². The Labute approximate surface area is 132 Å². The largest absolute Gasteiger partial charge is 0.497 e. The van der Waals surface area contributed by atoms with E-state index in [0.717, 1.165) is 25.3 Å². The van der Waals surface area contributed by atoms with Gasteiger partial charge in [-0.25, -0.2) is 0 Å². The summed E-state index contributed by atoms with van der Waals surface area (Å²) >= 11 is 0. The molecule has 1 unspecified atom stereocenters. The summed E-state index contributed by atoms with van der Waals surface area (Å²) in [6.07, 6.45) is 6.79. The molecule has 1 N–H and O–H groups in total. The van der Waals surface area contributed by atoms with Crippen molar-refractivity contribution in [3.8, 4) is 5.75 Å². The van der Waals surface area contributed by atoms with Gasteiger partial charge in [-0.3, -0.25) is 4.79 Å². The Hall–Kier alpha value is -1.35. The predicted octanol–water partition coefficient (Wildman–Crippen LogP) is 3.17. The van der Waals surface area contributed by atoms with Crippen LogP contribution in [0.3, 0.4) is 0 Å². The number of hydrogen-bond acceptors (Lipinski definition) is 3. The first kappa shape index (κ1) is 14.3. The molecule has 1 atom stereocenters. The third kappa shape index (κ3) is 2.79. The minimum atomic E-state index is 0.164. The maximum absolute atomic E-state index is 12.3. The normalized spacial score (nSPS) is 25.3. The fourth-order valence-electron chi connectivity index (χ4n) is 3.80. The van der Waals surface area contributed by atoms with Gasteiger partial charge in [-0.2, -0.15) is 0 Å². The molecular weight excluding hydrogens is 274 g/mol. The van der Waals surface area contributed by atoms with E-state index in [-0.39, 0.29) is 5.92 Å². The van der Waals surface area contributed by atoms with Gasteiger partial charge in [0.1, 0.15) is 11.5 Å². The molecule has 2 aliphatic carbocycles. The highest BCUT2D eigenvalue weighted by Crippen LogP contribution is 2.49. The molecule has 0 aromatic heterocycles. The molecule has 1 saturated heterocycles. The number of nitrogens with one attached hydrogen (secondary N) is 1. The summed E-state index contributed by atoms with van der Waals surface area (Å²) in [5, 5.41) is 3.39. The van der Waals surface area contributed by atoms with Crippen molar-refractivity contribution in [3.05, 3.63) is 28.8 Å². The lowest BCUT2D eigenvalue weighted by Gasteiger charge is -2.25. The van der Waals surface area contributed by atoms with E-state index in [4.69, 9.17) is 4.74 Å². The average molecular weight is 299 g/mol. The van der Waals surface area contributed by atoms with Gasteiger partial charge in [0.05, 0.1) is 7.11 Å². The van der Waals surface area contributed by atoms with Gasteiger partial charge in [-0.05, 0) is 72.8 Å². The van der Waals surface area contributed by atoms with E-state index in [9.17, 15) is 4.79 Å². The first-order valence-electron chi connectivity index (χ1n) is 8.70. The highest BCUT2D eigenvalue weighted by molar-refractivity contribution is 5.82. The summed E-state index contributed by atoms with van der Waals surface area (Å²) < 4.78 is 5.54. The van der Waals surface area contributed by atoms with E-state index in [1.807, 2.05) is 0 Å². The number of benzene rings is 1. The smallest absolute Gasteiger partial charge is 0.138 e. The van der Waals surface area contributed by atoms with Gasteiger partial charge in [0.2, 0.25) is 0 Å². The lowest BCUT2D eigenvalue weighted by Crippen LogP contribution is -2.38. The Morgan fingerprint density at radius 1 is 1.14 bits per heavy atom. The van der Waals surface area contributed by atoms with Gasteiger partial charge < -0.3 is 10.1 Å². The monoisotopic (exact) mass is 299 g/mol. The zero-order valence-electron chi connectivity index (χ0n) is 13.4. The van der Waals surface area contributed by atoms with Crippen LogP contribution in [0.2, 0.25) is 0 Å². The van der Waals surface area contributed by atoms with E-state index in [0.29, 0.717) is 24.0 Å². The van der Waals surface area contributed by atoms with Gasteiger partial charge in [0.15, 0.2) is 0 Å². The van der Waals surface area contributed by atoms with Crippen LogP contribution in [0.1, 0.15) is 60.6 Å². The zero-order valence-corrected chi connectivity index (χ0v) is 13.4. The van der Waals surface area contributed by atoms with Gasteiger partial charge in [0.25, 0.3) is 0 Å². The lowest BCUT2D eigenvalue weighted by molar-refractivity contribution is -0.123. The van der Waals surface area contributed by atoms with Crippen LogP contribution >= 0.6 is 0 Å². The molecule has 22 heavy (non-hydrogen) atoms. The number of hydrogen-bond donors (Lipinski definition) is 1. The standard InChI is InChI=1S/C19H25NO2/c1-22-15-9-16(12-2-3-12)18(17(10-15)13-4-5-13)8-14-11-20-7-6-19(14)21/h9-10,12-14,20H,2-8,11H2,1H3. The zero-order chi connectivity index (χ0) is 15.1. The lowest BCUT2D eigenvalue weighted by atomic mass is 9.84. The van der Waals surface area contributed by atoms with Gasteiger partial charge in [-0.15, -0.1) is 0 Å². The molecule has 3 heteroatoms. The maximum atomic E-state index is 12.3. The second kappa shape index (κ2) is 5.69. The fourth-order valence-corrected chi connectivity index (χ4v) is 3.80. The van der Waals surface area contributed by atoms with Gasteiger partial charge in [-0.1, -0.05) is 0 Å². The Morgan fingerprint density at radius 2 is 1.77 bits per heavy atom. The van der Waals surface area contributed by atoms with Crippen molar-refractivity contribution in [2.75, 3.05) is 20.2 Å². The van der Waals surface area contributed by atoms with Crippen LogP contribution in [-0.4, -0.2) is 26.0 Å². The molecule has 118 valence electrons. The van der Waals surface area contributed by atoms with Crippen molar-refractivity contribution in [2.45, 2.75) is 50.4 Å². The summed E-state index contributed by atoms with van der Waals surface area (Å²) in [5.41, 5.74) is 4.42. The number of carbonyl (C=O) groups excluding carboxylic acids is 1. The summed E-state index contributed by atoms with van der Waals surface area (Å²) in [6.45, 7) is 1.70. The molecular formula is C19H25NO2. The number of Topliss-reactive ketones (excluding diaryl/α,β-unsaturated/α-hetero) is 1. The van der Waals surface area contributed by atoms with Crippen molar-refractivity contribution < 1.29 is 9.53 Å². The second-order valence-corrected chi connectivity index (χ2v) is 7.15. The molecule has 4 rings (SSSR count). The van der Waals surface area contributed by atoms with Crippen molar-refractivity contribution in [1.29, 1.82) is 0 Å². The van der Waals surface area contributed by atoms with Crippen LogP contribution in [-0.2, 0) is 11.2 Å². The number of rotatable bonds is 5. The van der Waals surface area contributed by atoms with E-state index in [2.05, 4.69) is 17.4 Å². The number of methoxy groups -OCH3 is 1. The number of ketones is 1. The molecule has 0 radical (unpaired) electrons. The minimum Gasteiger partial charge on any atom is -0.497 e. The van der Waals surface area contributed by atoms with Crippen LogP contribution in [0.15, 0.2) is 12.1 Å². The van der Waals surface area contributed by atoms with E-state index < -0.39 is 0 Å². The van der Waals surface area contributed by atoms with Crippen LogP contribution in [0.5, 0.6) is 5.75 Å². The molecule has 3 aliphatic rings. The molecule has 3 nitrogen and oxygen atoms in total. The summed E-state index contributed by atoms with van der Waals surface area (Å²) in [4.78, 5) is 12.3.